The van der Waals surface area contributed by atoms with Crippen LogP contribution in [0.25, 0.3) is 0 Å². The number of halogens is 5. The number of benzene rings is 3. The van der Waals surface area contributed by atoms with Crippen LogP contribution in [0, 0.1) is 11.8 Å². The summed E-state index contributed by atoms with van der Waals surface area (Å²) in [5.74, 6) is 1.25. The maximum atomic E-state index is 13.0. The Hall–Kier alpha value is -2.98. The summed E-state index contributed by atoms with van der Waals surface area (Å²) in [5, 5.41) is 13.3. The fourth-order valence-electron chi connectivity index (χ4n) is 5.86. The molecule has 2 unspecified atom stereocenters. The number of piperidine rings is 1. The molecule has 0 aromatic heterocycles. The van der Waals surface area contributed by atoms with Gasteiger partial charge in [0.15, 0.2) is 6.10 Å². The lowest BCUT2D eigenvalue weighted by atomic mass is 9.87. The van der Waals surface area contributed by atoms with Crippen LogP contribution in [-0.4, -0.2) is 54.4 Å². The molecule has 246 valence electrons. The van der Waals surface area contributed by atoms with Crippen molar-refractivity contribution in [1.82, 2.24) is 10.2 Å². The number of carbonyl (C=O) groups is 1. The lowest BCUT2D eigenvalue weighted by molar-refractivity contribution is -0.145. The van der Waals surface area contributed by atoms with Crippen molar-refractivity contribution in [3.8, 4) is 11.5 Å². The second kappa shape index (κ2) is 15.1. The van der Waals surface area contributed by atoms with Crippen molar-refractivity contribution in [2.45, 2.75) is 57.5 Å². The molecule has 0 bridgehead atoms. The number of fused-ring (bicyclic) bond motifs is 1. The van der Waals surface area contributed by atoms with Crippen molar-refractivity contribution in [2.75, 3.05) is 26.2 Å². The molecular formula is C34H41Cl2F3N2O4. The molecule has 2 fully saturated rings. The second-order valence-corrected chi connectivity index (χ2v) is 12.6. The summed E-state index contributed by atoms with van der Waals surface area (Å²) in [5.41, 5.74) is 2.09. The van der Waals surface area contributed by atoms with E-state index in [-0.39, 0.29) is 36.6 Å². The summed E-state index contributed by atoms with van der Waals surface area (Å²) < 4.78 is 50.6. The van der Waals surface area contributed by atoms with Crippen LogP contribution in [0.2, 0.25) is 0 Å². The van der Waals surface area contributed by atoms with E-state index < -0.39 is 23.8 Å². The van der Waals surface area contributed by atoms with Gasteiger partial charge in [0, 0.05) is 38.6 Å². The highest BCUT2D eigenvalue weighted by molar-refractivity contribution is 5.85. The highest BCUT2D eigenvalue weighted by atomic mass is 35.5. The van der Waals surface area contributed by atoms with E-state index in [9.17, 15) is 23.1 Å². The SMILES string of the molecule is CC(C)(C)c1ccc(O[C@@H](Cc2ccc(OCCNC3C4CN(Cc5cccc(C(F)(F)F)c5)CC43)cc2)C(=O)O)cc1.Cl.Cl. The van der Waals surface area contributed by atoms with Crippen LogP contribution in [0.3, 0.4) is 0 Å². The third kappa shape index (κ3) is 9.75. The standard InChI is InChI=1S/C34H39F3N2O4.2ClH/c1-33(2,3)24-9-13-27(14-10-24)43-30(32(40)41)18-22-7-11-26(12-8-22)42-16-15-38-31-28-20-39(21-29(28)31)19-23-5-4-6-25(17-23)34(35,36)37;;/h4-14,17,28-31,38H,15-16,18-21H2,1-3H3,(H,40,41);2*1H/t28?,29?,30-,31?;;/m0../s1. The van der Waals surface area contributed by atoms with Gasteiger partial charge in [-0.15, -0.1) is 24.8 Å². The fraction of sp³-hybridized carbons (Fsp3) is 0.441. The molecule has 1 saturated carbocycles. The van der Waals surface area contributed by atoms with Crippen LogP contribution in [-0.2, 0) is 29.4 Å². The molecular weight excluding hydrogens is 628 g/mol. The first kappa shape index (κ1) is 36.5. The van der Waals surface area contributed by atoms with Crippen molar-refractivity contribution in [1.29, 1.82) is 0 Å². The van der Waals surface area contributed by atoms with E-state index in [4.69, 9.17) is 9.47 Å². The van der Waals surface area contributed by atoms with Crippen LogP contribution in [0.15, 0.2) is 72.8 Å². The Morgan fingerprint density at radius 3 is 2.11 bits per heavy atom. The van der Waals surface area contributed by atoms with Crippen molar-refractivity contribution in [3.05, 3.63) is 95.1 Å². The maximum absolute atomic E-state index is 13.0. The second-order valence-electron chi connectivity index (χ2n) is 12.6. The van der Waals surface area contributed by atoms with Gasteiger partial charge in [0.1, 0.15) is 18.1 Å². The number of likely N-dealkylation sites (tertiary alicyclic amines) is 1. The van der Waals surface area contributed by atoms with Crippen LogP contribution in [0.4, 0.5) is 13.2 Å². The molecule has 3 atom stereocenters. The Morgan fingerprint density at radius 2 is 1.53 bits per heavy atom. The molecule has 3 aromatic carbocycles. The highest BCUT2D eigenvalue weighted by Gasteiger charge is 2.55. The number of carboxylic acids is 1. The van der Waals surface area contributed by atoms with E-state index in [1.807, 2.05) is 48.5 Å². The molecule has 2 N–H and O–H groups in total. The zero-order chi connectivity index (χ0) is 30.8. The number of hydrogen-bond acceptors (Lipinski definition) is 5. The van der Waals surface area contributed by atoms with E-state index in [0.717, 1.165) is 30.3 Å². The Kier molecular flexibility index (Phi) is 12.2. The molecule has 1 aliphatic heterocycles. The Morgan fingerprint density at radius 1 is 0.911 bits per heavy atom. The van der Waals surface area contributed by atoms with Gasteiger partial charge in [-0.3, -0.25) is 4.90 Å². The summed E-state index contributed by atoms with van der Waals surface area (Å²) in [7, 11) is 0. The van der Waals surface area contributed by atoms with Gasteiger partial charge in [-0.25, -0.2) is 4.79 Å². The van der Waals surface area contributed by atoms with Gasteiger partial charge in [-0.2, -0.15) is 13.2 Å². The summed E-state index contributed by atoms with van der Waals surface area (Å²) >= 11 is 0. The van der Waals surface area contributed by atoms with Gasteiger partial charge >= 0.3 is 12.1 Å². The molecule has 45 heavy (non-hydrogen) atoms. The van der Waals surface area contributed by atoms with E-state index in [2.05, 4.69) is 31.0 Å². The summed E-state index contributed by atoms with van der Waals surface area (Å²) in [6, 6.07) is 20.9. The summed E-state index contributed by atoms with van der Waals surface area (Å²) in [6.45, 7) is 9.84. The molecule has 1 heterocycles. The average Bonchev–Trinajstić information content (AvgIpc) is 3.40. The molecule has 6 nitrogen and oxygen atoms in total. The zero-order valence-electron chi connectivity index (χ0n) is 25.5. The smallest absolute Gasteiger partial charge is 0.416 e. The van der Waals surface area contributed by atoms with Crippen molar-refractivity contribution < 1.29 is 32.5 Å². The minimum absolute atomic E-state index is 0. The first-order valence-electron chi connectivity index (χ1n) is 14.7. The third-order valence-corrected chi connectivity index (χ3v) is 8.30. The lowest BCUT2D eigenvalue weighted by Crippen LogP contribution is -2.33. The summed E-state index contributed by atoms with van der Waals surface area (Å²) in [6.07, 6.45) is -5.09. The van der Waals surface area contributed by atoms with Crippen LogP contribution in [0.5, 0.6) is 11.5 Å². The predicted octanol–water partition coefficient (Wildman–Crippen LogP) is 7.02. The predicted molar refractivity (Wildman–Crippen MR) is 173 cm³/mol. The first-order valence-corrected chi connectivity index (χ1v) is 14.7. The number of carboxylic acid groups (broad SMARTS) is 1. The van der Waals surface area contributed by atoms with E-state index in [0.29, 0.717) is 54.6 Å². The van der Waals surface area contributed by atoms with E-state index in [1.165, 1.54) is 12.1 Å². The third-order valence-electron chi connectivity index (χ3n) is 8.30. The van der Waals surface area contributed by atoms with Crippen molar-refractivity contribution in [2.24, 2.45) is 11.8 Å². The molecule has 11 heteroatoms. The molecule has 0 amide bonds. The first-order chi connectivity index (χ1) is 20.4. The number of nitrogens with one attached hydrogen (secondary N) is 1. The van der Waals surface area contributed by atoms with Crippen LogP contribution >= 0.6 is 24.8 Å². The number of ether oxygens (including phenoxy) is 2. The minimum atomic E-state index is -4.32. The number of alkyl halides is 3. The Balaban J connectivity index is 0.00000276. The highest BCUT2D eigenvalue weighted by Crippen LogP contribution is 2.45. The van der Waals surface area contributed by atoms with Gasteiger partial charge < -0.3 is 19.9 Å². The fourth-order valence-corrected chi connectivity index (χ4v) is 5.86. The van der Waals surface area contributed by atoms with Crippen LogP contribution in [0.1, 0.15) is 43.0 Å². The molecule has 0 spiro atoms. The molecule has 1 aliphatic carbocycles. The zero-order valence-corrected chi connectivity index (χ0v) is 27.2. The van der Waals surface area contributed by atoms with Gasteiger partial charge in [-0.05, 0) is 64.3 Å². The van der Waals surface area contributed by atoms with Gasteiger partial charge in [-0.1, -0.05) is 63.2 Å². The minimum Gasteiger partial charge on any atom is -0.492 e. The normalized spacial score (nSPS) is 19.9. The Labute approximate surface area is 275 Å². The monoisotopic (exact) mass is 668 g/mol. The largest absolute Gasteiger partial charge is 0.492 e. The molecule has 0 radical (unpaired) electrons. The molecule has 5 rings (SSSR count). The van der Waals surface area contributed by atoms with Crippen molar-refractivity contribution >= 4 is 30.8 Å². The molecule has 1 saturated heterocycles. The maximum Gasteiger partial charge on any atom is 0.416 e. The number of hydrogen-bond donors (Lipinski definition) is 2. The number of aliphatic carboxylic acids is 1. The number of rotatable bonds is 12. The van der Waals surface area contributed by atoms with E-state index >= 15 is 0 Å². The van der Waals surface area contributed by atoms with Crippen LogP contribution < -0.4 is 14.8 Å². The number of nitrogens with zero attached hydrogens (tertiary/aromatic N) is 1. The van der Waals surface area contributed by atoms with E-state index in [1.54, 1.807) is 6.07 Å². The summed E-state index contributed by atoms with van der Waals surface area (Å²) in [4.78, 5) is 14.1. The van der Waals surface area contributed by atoms with Crippen molar-refractivity contribution in [3.63, 3.8) is 0 Å². The molecule has 3 aromatic rings. The lowest BCUT2D eigenvalue weighted by Gasteiger charge is -2.20. The van der Waals surface area contributed by atoms with Gasteiger partial charge in [0.05, 0.1) is 5.56 Å². The average molecular weight is 670 g/mol. The van der Waals surface area contributed by atoms with Gasteiger partial charge in [0.2, 0.25) is 0 Å². The quantitative estimate of drug-likeness (QED) is 0.202. The molecule has 2 aliphatic rings. The topological polar surface area (TPSA) is 71.0 Å². The van der Waals surface area contributed by atoms with Gasteiger partial charge in [0.25, 0.3) is 0 Å². The Bertz CT molecular complexity index is 1390.